The van der Waals surface area contributed by atoms with E-state index >= 15 is 0 Å². The number of halogens is 2. The number of carboxylic acids is 1. The molecular formula is C18H22F2N2O4. The average Bonchev–Trinajstić information content (AvgIpc) is 2.89. The molecular weight excluding hydrogens is 346 g/mol. The summed E-state index contributed by atoms with van der Waals surface area (Å²) < 4.78 is 27.2. The van der Waals surface area contributed by atoms with Gasteiger partial charge in [-0.3, -0.25) is 9.59 Å². The van der Waals surface area contributed by atoms with E-state index < -0.39 is 35.6 Å². The van der Waals surface area contributed by atoms with Crippen LogP contribution in [0.5, 0.6) is 0 Å². The number of aliphatic carboxylic acids is 1. The number of carbonyl (C=O) groups is 3. The highest BCUT2D eigenvalue weighted by Crippen LogP contribution is 2.25. The van der Waals surface area contributed by atoms with Gasteiger partial charge >= 0.3 is 5.97 Å². The number of nitrogens with one attached hydrogen (secondary N) is 1. The van der Waals surface area contributed by atoms with Crippen LogP contribution in [0.2, 0.25) is 0 Å². The lowest BCUT2D eigenvalue weighted by atomic mass is 10.0. The monoisotopic (exact) mass is 368 g/mol. The molecule has 0 aliphatic carbocycles. The zero-order valence-corrected chi connectivity index (χ0v) is 14.7. The molecule has 1 aliphatic rings. The van der Waals surface area contributed by atoms with Crippen molar-refractivity contribution in [2.24, 2.45) is 5.92 Å². The van der Waals surface area contributed by atoms with E-state index in [2.05, 4.69) is 5.32 Å². The van der Waals surface area contributed by atoms with E-state index in [9.17, 15) is 23.2 Å². The van der Waals surface area contributed by atoms with Crippen molar-refractivity contribution >= 4 is 17.8 Å². The summed E-state index contributed by atoms with van der Waals surface area (Å²) in [5.74, 6) is -4.17. The molecule has 26 heavy (non-hydrogen) atoms. The molecule has 1 aromatic carbocycles. The highest BCUT2D eigenvalue weighted by Gasteiger charge is 2.34. The summed E-state index contributed by atoms with van der Waals surface area (Å²) >= 11 is 0. The van der Waals surface area contributed by atoms with E-state index in [1.54, 1.807) is 13.8 Å². The van der Waals surface area contributed by atoms with E-state index in [0.717, 1.165) is 6.07 Å². The van der Waals surface area contributed by atoms with Crippen LogP contribution < -0.4 is 5.32 Å². The SMILES string of the molecule is CC(C)[C@H](NC(=O)CC1CCC(=O)N1Cc1cccc(F)c1F)C(=O)O. The number of benzene rings is 1. The molecule has 1 unspecified atom stereocenters. The first kappa shape index (κ1) is 19.8. The highest BCUT2D eigenvalue weighted by molar-refractivity contribution is 5.85. The average molecular weight is 368 g/mol. The zero-order chi connectivity index (χ0) is 19.4. The molecule has 1 saturated heterocycles. The Morgan fingerprint density at radius 3 is 2.65 bits per heavy atom. The summed E-state index contributed by atoms with van der Waals surface area (Å²) in [4.78, 5) is 36.8. The molecule has 6 nitrogen and oxygen atoms in total. The Balaban J connectivity index is 2.06. The number of nitrogens with zero attached hydrogens (tertiary/aromatic N) is 1. The topological polar surface area (TPSA) is 86.7 Å². The molecule has 1 aliphatic heterocycles. The van der Waals surface area contributed by atoms with Crippen LogP contribution in [0, 0.1) is 17.6 Å². The van der Waals surface area contributed by atoms with Crippen molar-refractivity contribution in [3.05, 3.63) is 35.4 Å². The van der Waals surface area contributed by atoms with E-state index in [0.29, 0.717) is 6.42 Å². The normalized spacial score (nSPS) is 18.3. The quantitative estimate of drug-likeness (QED) is 0.771. The van der Waals surface area contributed by atoms with Gasteiger partial charge in [0.1, 0.15) is 6.04 Å². The van der Waals surface area contributed by atoms with Crippen molar-refractivity contribution in [2.75, 3.05) is 0 Å². The van der Waals surface area contributed by atoms with Gasteiger partial charge in [-0.2, -0.15) is 0 Å². The van der Waals surface area contributed by atoms with Gasteiger partial charge in [0.15, 0.2) is 11.6 Å². The number of rotatable bonds is 7. The maximum atomic E-state index is 13.9. The van der Waals surface area contributed by atoms with Crippen molar-refractivity contribution in [3.63, 3.8) is 0 Å². The number of carbonyl (C=O) groups excluding carboxylic acids is 2. The molecule has 1 aromatic rings. The fourth-order valence-electron chi connectivity index (χ4n) is 3.04. The van der Waals surface area contributed by atoms with Crippen LogP contribution in [0.3, 0.4) is 0 Å². The van der Waals surface area contributed by atoms with Crippen LogP contribution in [0.1, 0.15) is 38.7 Å². The summed E-state index contributed by atoms with van der Waals surface area (Å²) in [6, 6.07) is 2.24. The third-order valence-corrected chi connectivity index (χ3v) is 4.50. The lowest BCUT2D eigenvalue weighted by Gasteiger charge is -2.26. The van der Waals surface area contributed by atoms with Gasteiger partial charge in [0, 0.05) is 31.0 Å². The van der Waals surface area contributed by atoms with Gasteiger partial charge in [-0.25, -0.2) is 13.6 Å². The van der Waals surface area contributed by atoms with Crippen LogP contribution in [-0.4, -0.2) is 39.9 Å². The van der Waals surface area contributed by atoms with Crippen LogP contribution in [0.15, 0.2) is 18.2 Å². The van der Waals surface area contributed by atoms with Gasteiger partial charge in [-0.05, 0) is 18.4 Å². The second-order valence-corrected chi connectivity index (χ2v) is 6.76. The van der Waals surface area contributed by atoms with Crippen LogP contribution in [0.4, 0.5) is 8.78 Å². The molecule has 2 atom stereocenters. The smallest absolute Gasteiger partial charge is 0.326 e. The number of likely N-dealkylation sites (tertiary alicyclic amines) is 1. The van der Waals surface area contributed by atoms with Crippen molar-refractivity contribution in [1.29, 1.82) is 0 Å². The molecule has 0 aromatic heterocycles. The lowest BCUT2D eigenvalue weighted by molar-refractivity contribution is -0.143. The van der Waals surface area contributed by atoms with Gasteiger partial charge in [-0.15, -0.1) is 0 Å². The van der Waals surface area contributed by atoms with Gasteiger partial charge < -0.3 is 15.3 Å². The van der Waals surface area contributed by atoms with E-state index in [1.807, 2.05) is 0 Å². The summed E-state index contributed by atoms with van der Waals surface area (Å²) in [5, 5.41) is 11.6. The van der Waals surface area contributed by atoms with E-state index in [1.165, 1.54) is 17.0 Å². The van der Waals surface area contributed by atoms with Crippen molar-refractivity contribution in [2.45, 2.75) is 51.7 Å². The largest absolute Gasteiger partial charge is 0.480 e. The second kappa shape index (κ2) is 8.25. The van der Waals surface area contributed by atoms with Crippen molar-refractivity contribution in [1.82, 2.24) is 10.2 Å². The number of amides is 2. The third kappa shape index (κ3) is 4.56. The maximum Gasteiger partial charge on any atom is 0.326 e. The van der Waals surface area contributed by atoms with E-state index in [-0.39, 0.29) is 36.8 Å². The maximum absolute atomic E-state index is 13.9. The Kier molecular flexibility index (Phi) is 6.28. The first-order valence-corrected chi connectivity index (χ1v) is 8.45. The minimum absolute atomic E-state index is 0.0382. The van der Waals surface area contributed by atoms with Crippen LogP contribution in [0.25, 0.3) is 0 Å². The molecule has 2 amide bonds. The first-order chi connectivity index (χ1) is 12.2. The Morgan fingerprint density at radius 2 is 2.04 bits per heavy atom. The first-order valence-electron chi connectivity index (χ1n) is 8.45. The number of hydrogen-bond acceptors (Lipinski definition) is 3. The standard InChI is InChI=1S/C18H22F2N2O4/c1-10(2)17(18(25)26)21-14(23)8-12-6-7-15(24)22(12)9-11-4-3-5-13(19)16(11)20/h3-5,10,12,17H,6-9H2,1-2H3,(H,21,23)(H,25,26)/t12?,17-/m0/s1. The fourth-order valence-corrected chi connectivity index (χ4v) is 3.04. The van der Waals surface area contributed by atoms with E-state index in [4.69, 9.17) is 5.11 Å². The Labute approximate surface area is 150 Å². The van der Waals surface area contributed by atoms with Crippen LogP contribution in [-0.2, 0) is 20.9 Å². The molecule has 1 heterocycles. The molecule has 142 valence electrons. The molecule has 0 bridgehead atoms. The van der Waals surface area contributed by atoms with Crippen molar-refractivity contribution < 1.29 is 28.3 Å². The predicted octanol–water partition coefficient (Wildman–Crippen LogP) is 2.07. The zero-order valence-electron chi connectivity index (χ0n) is 14.7. The molecule has 2 N–H and O–H groups in total. The Hall–Kier alpha value is -2.51. The molecule has 2 rings (SSSR count). The van der Waals surface area contributed by atoms with Crippen LogP contribution >= 0.6 is 0 Å². The van der Waals surface area contributed by atoms with Gasteiger partial charge in [0.05, 0.1) is 0 Å². The highest BCUT2D eigenvalue weighted by atomic mass is 19.2. The molecule has 0 saturated carbocycles. The third-order valence-electron chi connectivity index (χ3n) is 4.50. The van der Waals surface area contributed by atoms with Gasteiger partial charge in [0.2, 0.25) is 11.8 Å². The fraction of sp³-hybridized carbons (Fsp3) is 0.500. The second-order valence-electron chi connectivity index (χ2n) is 6.76. The van der Waals surface area contributed by atoms with Crippen molar-refractivity contribution in [3.8, 4) is 0 Å². The predicted molar refractivity (Wildman–Crippen MR) is 89.0 cm³/mol. The Bertz CT molecular complexity index is 708. The summed E-state index contributed by atoms with van der Waals surface area (Å²) in [6.07, 6.45) is 0.531. The number of carboxylic acid groups (broad SMARTS) is 1. The molecule has 0 spiro atoms. The molecule has 1 fully saturated rings. The molecule has 0 radical (unpaired) electrons. The minimum atomic E-state index is -1.13. The summed E-state index contributed by atoms with van der Waals surface area (Å²) in [6.45, 7) is 3.22. The van der Waals surface area contributed by atoms with Gasteiger partial charge in [-0.1, -0.05) is 26.0 Å². The number of hydrogen-bond donors (Lipinski definition) is 2. The summed E-state index contributed by atoms with van der Waals surface area (Å²) in [7, 11) is 0. The minimum Gasteiger partial charge on any atom is -0.480 e. The van der Waals surface area contributed by atoms with Gasteiger partial charge in [0.25, 0.3) is 0 Å². The lowest BCUT2D eigenvalue weighted by Crippen LogP contribution is -2.46. The molecule has 8 heteroatoms. The Morgan fingerprint density at radius 1 is 1.35 bits per heavy atom. The summed E-state index contributed by atoms with van der Waals surface area (Å²) in [5.41, 5.74) is 0.0382.